The number of rotatable bonds is 8. The number of esters is 1. The van der Waals surface area contributed by atoms with Crippen LogP contribution in [-0.4, -0.2) is 50.2 Å². The number of nitrogens with zero attached hydrogens (tertiary/aromatic N) is 1. The van der Waals surface area contributed by atoms with Gasteiger partial charge < -0.3 is 15.0 Å². The van der Waals surface area contributed by atoms with Crippen LogP contribution in [0, 0.1) is 11.8 Å². The molecule has 1 fully saturated rings. The number of carbonyl (C=O) groups is 1. The molecule has 1 aliphatic rings. The molecule has 118 valence electrons. The first-order valence-corrected chi connectivity index (χ1v) is 8.15. The Balaban J connectivity index is 2.46. The van der Waals surface area contributed by atoms with Gasteiger partial charge in [-0.1, -0.05) is 33.6 Å². The molecule has 1 saturated carbocycles. The molecule has 1 unspecified atom stereocenters. The van der Waals surface area contributed by atoms with Gasteiger partial charge in [0.1, 0.15) is 6.04 Å². The zero-order valence-electron chi connectivity index (χ0n) is 13.7. The standard InChI is InChI=1S/C16H32N2O2/c1-5-18(6-2)12-11-17-15(16(19)20-4)14-9-7-13(3)8-10-14/h13-15,17H,5-12H2,1-4H3. The van der Waals surface area contributed by atoms with E-state index in [9.17, 15) is 4.79 Å². The molecule has 0 aromatic carbocycles. The van der Waals surface area contributed by atoms with Gasteiger partial charge in [-0.2, -0.15) is 0 Å². The minimum atomic E-state index is -0.122. The zero-order chi connectivity index (χ0) is 15.0. The summed E-state index contributed by atoms with van der Waals surface area (Å²) in [4.78, 5) is 14.4. The van der Waals surface area contributed by atoms with E-state index >= 15 is 0 Å². The highest BCUT2D eigenvalue weighted by molar-refractivity contribution is 5.76. The van der Waals surface area contributed by atoms with E-state index in [1.807, 2.05) is 0 Å². The van der Waals surface area contributed by atoms with E-state index in [1.165, 1.54) is 20.0 Å². The SMILES string of the molecule is CCN(CC)CCNC(C(=O)OC)C1CCC(C)CC1. The molecule has 0 saturated heterocycles. The quantitative estimate of drug-likeness (QED) is 0.694. The fourth-order valence-corrected chi connectivity index (χ4v) is 3.11. The van der Waals surface area contributed by atoms with Crippen molar-refractivity contribution >= 4 is 5.97 Å². The predicted molar refractivity (Wildman–Crippen MR) is 82.7 cm³/mol. The second-order valence-corrected chi connectivity index (χ2v) is 6.00. The third-order valence-electron chi connectivity index (χ3n) is 4.67. The lowest BCUT2D eigenvalue weighted by atomic mass is 9.79. The normalized spacial score (nSPS) is 24.6. The fraction of sp³-hybridized carbons (Fsp3) is 0.938. The molecule has 20 heavy (non-hydrogen) atoms. The number of hydrogen-bond donors (Lipinski definition) is 1. The van der Waals surface area contributed by atoms with Crippen molar-refractivity contribution in [3.05, 3.63) is 0 Å². The van der Waals surface area contributed by atoms with Gasteiger partial charge in [-0.15, -0.1) is 0 Å². The zero-order valence-corrected chi connectivity index (χ0v) is 13.7. The number of hydrogen-bond acceptors (Lipinski definition) is 4. The lowest BCUT2D eigenvalue weighted by Crippen LogP contribution is -2.47. The van der Waals surface area contributed by atoms with Gasteiger partial charge in [0.2, 0.25) is 0 Å². The van der Waals surface area contributed by atoms with E-state index in [0.29, 0.717) is 5.92 Å². The molecule has 0 aliphatic heterocycles. The first-order valence-electron chi connectivity index (χ1n) is 8.15. The van der Waals surface area contributed by atoms with Crippen molar-refractivity contribution in [2.45, 2.75) is 52.5 Å². The summed E-state index contributed by atoms with van der Waals surface area (Å²) in [5, 5.41) is 3.44. The molecule has 1 atom stereocenters. The van der Waals surface area contributed by atoms with Crippen molar-refractivity contribution in [3.8, 4) is 0 Å². The second kappa shape index (κ2) is 9.35. The molecule has 0 heterocycles. The van der Waals surface area contributed by atoms with Crippen molar-refractivity contribution < 1.29 is 9.53 Å². The topological polar surface area (TPSA) is 41.6 Å². The van der Waals surface area contributed by atoms with Crippen molar-refractivity contribution in [1.29, 1.82) is 0 Å². The molecule has 1 aliphatic carbocycles. The highest BCUT2D eigenvalue weighted by atomic mass is 16.5. The Labute approximate surface area is 124 Å². The van der Waals surface area contributed by atoms with E-state index in [4.69, 9.17) is 4.74 Å². The lowest BCUT2D eigenvalue weighted by molar-refractivity contribution is -0.145. The largest absolute Gasteiger partial charge is 0.468 e. The Morgan fingerprint density at radius 3 is 2.35 bits per heavy atom. The molecule has 1 rings (SSSR count). The van der Waals surface area contributed by atoms with Crippen LogP contribution in [-0.2, 0) is 9.53 Å². The maximum atomic E-state index is 12.0. The van der Waals surface area contributed by atoms with E-state index in [0.717, 1.165) is 44.9 Å². The Bertz CT molecular complexity index is 272. The van der Waals surface area contributed by atoms with Gasteiger partial charge in [0.15, 0.2) is 0 Å². The van der Waals surface area contributed by atoms with Crippen LogP contribution >= 0.6 is 0 Å². The molecule has 0 amide bonds. The fourth-order valence-electron chi connectivity index (χ4n) is 3.11. The molecule has 4 nitrogen and oxygen atoms in total. The molecule has 0 aromatic rings. The molecule has 0 bridgehead atoms. The number of likely N-dealkylation sites (N-methyl/N-ethyl adjacent to an activating group) is 1. The van der Waals surface area contributed by atoms with Gasteiger partial charge in [-0.3, -0.25) is 4.79 Å². The van der Waals surface area contributed by atoms with Crippen LogP contribution in [0.2, 0.25) is 0 Å². The molecule has 1 N–H and O–H groups in total. The van der Waals surface area contributed by atoms with Crippen LogP contribution in [0.25, 0.3) is 0 Å². The van der Waals surface area contributed by atoms with E-state index in [-0.39, 0.29) is 12.0 Å². The number of methoxy groups -OCH3 is 1. The Morgan fingerprint density at radius 2 is 1.85 bits per heavy atom. The maximum Gasteiger partial charge on any atom is 0.323 e. The van der Waals surface area contributed by atoms with Crippen molar-refractivity contribution in [3.63, 3.8) is 0 Å². The highest BCUT2D eigenvalue weighted by Crippen LogP contribution is 2.30. The van der Waals surface area contributed by atoms with E-state index in [2.05, 4.69) is 31.0 Å². The Kier molecular flexibility index (Phi) is 8.15. The Hall–Kier alpha value is -0.610. The number of carbonyl (C=O) groups excluding carboxylic acids is 1. The Morgan fingerprint density at radius 1 is 1.25 bits per heavy atom. The van der Waals surface area contributed by atoms with Crippen LogP contribution < -0.4 is 5.32 Å². The monoisotopic (exact) mass is 284 g/mol. The van der Waals surface area contributed by atoms with E-state index in [1.54, 1.807) is 0 Å². The van der Waals surface area contributed by atoms with Crippen LogP contribution in [0.5, 0.6) is 0 Å². The summed E-state index contributed by atoms with van der Waals surface area (Å²) in [5.74, 6) is 1.15. The maximum absolute atomic E-state index is 12.0. The van der Waals surface area contributed by atoms with Crippen LogP contribution in [0.3, 0.4) is 0 Å². The average Bonchev–Trinajstić information content (AvgIpc) is 2.48. The molecule has 4 heteroatoms. The average molecular weight is 284 g/mol. The molecule has 0 radical (unpaired) electrons. The smallest absolute Gasteiger partial charge is 0.323 e. The summed E-state index contributed by atoms with van der Waals surface area (Å²) in [7, 11) is 1.49. The van der Waals surface area contributed by atoms with Gasteiger partial charge in [-0.05, 0) is 37.8 Å². The first kappa shape index (κ1) is 17.4. The number of nitrogens with one attached hydrogen (secondary N) is 1. The summed E-state index contributed by atoms with van der Waals surface area (Å²) in [6, 6.07) is -0.122. The third-order valence-corrected chi connectivity index (χ3v) is 4.67. The first-order chi connectivity index (χ1) is 9.62. The second-order valence-electron chi connectivity index (χ2n) is 6.00. The van der Waals surface area contributed by atoms with Gasteiger partial charge in [-0.25, -0.2) is 0 Å². The lowest BCUT2D eigenvalue weighted by Gasteiger charge is -2.32. The van der Waals surface area contributed by atoms with Crippen LogP contribution in [0.1, 0.15) is 46.5 Å². The van der Waals surface area contributed by atoms with Crippen molar-refractivity contribution in [2.75, 3.05) is 33.3 Å². The minimum absolute atomic E-state index is 0.0934. The van der Waals surface area contributed by atoms with E-state index < -0.39 is 0 Å². The summed E-state index contributed by atoms with van der Waals surface area (Å²) in [5.41, 5.74) is 0. The summed E-state index contributed by atoms with van der Waals surface area (Å²) < 4.78 is 4.99. The summed E-state index contributed by atoms with van der Waals surface area (Å²) in [6.45, 7) is 10.6. The van der Waals surface area contributed by atoms with Crippen molar-refractivity contribution in [2.24, 2.45) is 11.8 Å². The highest BCUT2D eigenvalue weighted by Gasteiger charge is 2.31. The molecular formula is C16H32N2O2. The molecule has 0 aromatic heterocycles. The number of ether oxygens (including phenoxy) is 1. The van der Waals surface area contributed by atoms with Crippen LogP contribution in [0.15, 0.2) is 0 Å². The van der Waals surface area contributed by atoms with Gasteiger partial charge in [0.05, 0.1) is 7.11 Å². The molecular weight excluding hydrogens is 252 g/mol. The van der Waals surface area contributed by atoms with Gasteiger partial charge >= 0.3 is 5.97 Å². The summed E-state index contributed by atoms with van der Waals surface area (Å²) in [6.07, 6.45) is 4.74. The van der Waals surface area contributed by atoms with Gasteiger partial charge in [0.25, 0.3) is 0 Å². The summed E-state index contributed by atoms with van der Waals surface area (Å²) >= 11 is 0. The van der Waals surface area contributed by atoms with Gasteiger partial charge in [0, 0.05) is 13.1 Å². The minimum Gasteiger partial charge on any atom is -0.468 e. The molecule has 0 spiro atoms. The predicted octanol–water partition coefficient (Wildman–Crippen LogP) is 2.29. The van der Waals surface area contributed by atoms with Crippen LogP contribution in [0.4, 0.5) is 0 Å². The third kappa shape index (κ3) is 5.41. The van der Waals surface area contributed by atoms with Crippen molar-refractivity contribution in [1.82, 2.24) is 10.2 Å².